The normalized spacial score (nSPS) is 14.6. The second-order valence-electron chi connectivity index (χ2n) is 6.90. The van der Waals surface area contributed by atoms with Gasteiger partial charge in [0.1, 0.15) is 0 Å². The lowest BCUT2D eigenvalue weighted by atomic mass is 10.3. The van der Waals surface area contributed by atoms with E-state index in [1.165, 1.54) is 11.8 Å². The molecule has 1 aromatic heterocycles. The molecule has 1 N–H and O–H groups in total. The molecule has 3 aromatic rings. The molecule has 156 valence electrons. The predicted octanol–water partition coefficient (Wildman–Crippen LogP) is 4.81. The number of thioether (sulfide) groups is 1. The summed E-state index contributed by atoms with van der Waals surface area (Å²) in [5.74, 6) is 0.436. The monoisotopic (exact) mass is 460 g/mol. The molecule has 4 rings (SSSR count). The Labute approximate surface area is 188 Å². The van der Waals surface area contributed by atoms with E-state index in [9.17, 15) is 9.59 Å². The van der Waals surface area contributed by atoms with Crippen LogP contribution in [0.2, 0.25) is 5.02 Å². The summed E-state index contributed by atoms with van der Waals surface area (Å²) in [6, 6.07) is 14.9. The van der Waals surface area contributed by atoms with E-state index in [1.807, 2.05) is 29.2 Å². The van der Waals surface area contributed by atoms with E-state index in [4.69, 9.17) is 11.6 Å². The Balaban J connectivity index is 1.28. The SMILES string of the molecule is O=C(CSc1nc2ccccc2s1)N1CCCN(C(=O)Nc2cccc(Cl)c2)CC1. The van der Waals surface area contributed by atoms with Crippen molar-refractivity contribution < 1.29 is 9.59 Å². The van der Waals surface area contributed by atoms with E-state index in [2.05, 4.69) is 10.3 Å². The number of para-hydroxylation sites is 1. The van der Waals surface area contributed by atoms with Crippen molar-refractivity contribution in [2.45, 2.75) is 10.8 Å². The molecule has 1 aliphatic rings. The molecule has 0 atom stereocenters. The summed E-state index contributed by atoms with van der Waals surface area (Å²) in [4.78, 5) is 33.4. The first-order valence-corrected chi connectivity index (χ1v) is 11.8. The molecule has 30 heavy (non-hydrogen) atoms. The molecule has 0 spiro atoms. The minimum atomic E-state index is -0.171. The number of halogens is 1. The van der Waals surface area contributed by atoms with Crippen LogP contribution in [0.5, 0.6) is 0 Å². The van der Waals surface area contributed by atoms with Crippen molar-refractivity contribution >= 4 is 62.5 Å². The van der Waals surface area contributed by atoms with Crippen molar-refractivity contribution in [3.8, 4) is 0 Å². The number of carbonyl (C=O) groups excluding carboxylic acids is 2. The number of benzene rings is 2. The van der Waals surface area contributed by atoms with E-state index >= 15 is 0 Å². The van der Waals surface area contributed by atoms with Crippen LogP contribution >= 0.6 is 34.7 Å². The highest BCUT2D eigenvalue weighted by atomic mass is 35.5. The minimum Gasteiger partial charge on any atom is -0.340 e. The highest BCUT2D eigenvalue weighted by Gasteiger charge is 2.22. The average Bonchev–Trinajstić information content (AvgIpc) is 2.99. The summed E-state index contributed by atoms with van der Waals surface area (Å²) in [6.45, 7) is 2.30. The van der Waals surface area contributed by atoms with Crippen LogP contribution in [0, 0.1) is 0 Å². The van der Waals surface area contributed by atoms with Gasteiger partial charge in [0, 0.05) is 36.9 Å². The molecule has 0 bridgehead atoms. The number of hydrogen-bond acceptors (Lipinski definition) is 5. The topological polar surface area (TPSA) is 65.5 Å². The first-order valence-electron chi connectivity index (χ1n) is 9.66. The van der Waals surface area contributed by atoms with Gasteiger partial charge in [-0.25, -0.2) is 9.78 Å². The van der Waals surface area contributed by atoms with Crippen LogP contribution in [-0.2, 0) is 4.79 Å². The quantitative estimate of drug-likeness (QED) is 0.567. The lowest BCUT2D eigenvalue weighted by molar-refractivity contribution is -0.128. The summed E-state index contributed by atoms with van der Waals surface area (Å²) >= 11 is 9.06. The smallest absolute Gasteiger partial charge is 0.321 e. The van der Waals surface area contributed by atoms with Gasteiger partial charge in [-0.1, -0.05) is 41.6 Å². The van der Waals surface area contributed by atoms with Gasteiger partial charge in [-0.2, -0.15) is 0 Å². The Morgan fingerprint density at radius 1 is 1.07 bits per heavy atom. The molecule has 9 heteroatoms. The van der Waals surface area contributed by atoms with Crippen LogP contribution in [0.1, 0.15) is 6.42 Å². The molecule has 3 amide bonds. The van der Waals surface area contributed by atoms with Crippen molar-refractivity contribution in [2.24, 2.45) is 0 Å². The third-order valence-corrected chi connectivity index (χ3v) is 7.20. The molecule has 0 radical (unpaired) electrons. The van der Waals surface area contributed by atoms with Gasteiger partial charge in [-0.15, -0.1) is 11.3 Å². The molecule has 1 saturated heterocycles. The fourth-order valence-corrected chi connectivity index (χ4v) is 5.43. The van der Waals surface area contributed by atoms with Gasteiger partial charge >= 0.3 is 6.03 Å². The molecule has 0 unspecified atom stereocenters. The number of fused-ring (bicyclic) bond motifs is 1. The third kappa shape index (κ3) is 5.24. The minimum absolute atomic E-state index is 0.0800. The molecule has 2 heterocycles. The first-order chi connectivity index (χ1) is 14.6. The Kier molecular flexibility index (Phi) is 6.76. The number of hydrogen-bond donors (Lipinski definition) is 1. The van der Waals surface area contributed by atoms with Gasteiger partial charge in [0.2, 0.25) is 5.91 Å². The van der Waals surface area contributed by atoms with Gasteiger partial charge in [-0.3, -0.25) is 4.79 Å². The van der Waals surface area contributed by atoms with Crippen molar-refractivity contribution in [1.29, 1.82) is 0 Å². The maximum Gasteiger partial charge on any atom is 0.321 e. The largest absolute Gasteiger partial charge is 0.340 e. The lowest BCUT2D eigenvalue weighted by Gasteiger charge is -2.22. The van der Waals surface area contributed by atoms with E-state index < -0.39 is 0 Å². The maximum absolute atomic E-state index is 12.7. The zero-order valence-electron chi connectivity index (χ0n) is 16.2. The highest BCUT2D eigenvalue weighted by molar-refractivity contribution is 8.01. The molecule has 6 nitrogen and oxygen atoms in total. The Morgan fingerprint density at radius 3 is 2.70 bits per heavy atom. The van der Waals surface area contributed by atoms with Crippen LogP contribution in [0.4, 0.5) is 10.5 Å². The zero-order chi connectivity index (χ0) is 20.9. The fourth-order valence-electron chi connectivity index (χ4n) is 3.27. The molecular weight excluding hydrogens is 440 g/mol. The summed E-state index contributed by atoms with van der Waals surface area (Å²) in [6.07, 6.45) is 0.751. The molecule has 1 fully saturated rings. The molecular formula is C21H21ClN4O2S2. The number of amides is 3. The van der Waals surface area contributed by atoms with Crippen LogP contribution in [-0.4, -0.2) is 58.7 Å². The second-order valence-corrected chi connectivity index (χ2v) is 9.59. The Morgan fingerprint density at radius 2 is 1.87 bits per heavy atom. The number of carbonyl (C=O) groups is 2. The second kappa shape index (κ2) is 9.68. The number of aromatic nitrogens is 1. The fraction of sp³-hybridized carbons (Fsp3) is 0.286. The van der Waals surface area contributed by atoms with Gasteiger partial charge < -0.3 is 15.1 Å². The summed E-state index contributed by atoms with van der Waals surface area (Å²) < 4.78 is 2.03. The van der Waals surface area contributed by atoms with Crippen molar-refractivity contribution in [1.82, 2.24) is 14.8 Å². The first kappa shape index (κ1) is 21.0. The van der Waals surface area contributed by atoms with Gasteiger partial charge in [0.05, 0.1) is 16.0 Å². The van der Waals surface area contributed by atoms with E-state index in [0.717, 1.165) is 21.0 Å². The van der Waals surface area contributed by atoms with Crippen molar-refractivity contribution in [3.05, 3.63) is 53.6 Å². The number of rotatable bonds is 4. The van der Waals surface area contributed by atoms with Gasteiger partial charge in [0.25, 0.3) is 0 Å². The predicted molar refractivity (Wildman–Crippen MR) is 124 cm³/mol. The molecule has 0 aliphatic carbocycles. The van der Waals surface area contributed by atoms with Crippen LogP contribution in [0.15, 0.2) is 52.9 Å². The van der Waals surface area contributed by atoms with Crippen molar-refractivity contribution in [2.75, 3.05) is 37.2 Å². The molecule has 1 aliphatic heterocycles. The van der Waals surface area contributed by atoms with Crippen molar-refractivity contribution in [3.63, 3.8) is 0 Å². The average molecular weight is 461 g/mol. The maximum atomic E-state index is 12.7. The standard InChI is InChI=1S/C21H21ClN4O2S2/c22-15-5-3-6-16(13-15)23-20(28)26-10-4-9-25(11-12-26)19(27)14-29-21-24-17-7-1-2-8-18(17)30-21/h1-3,5-8,13H,4,9-12,14H2,(H,23,28). The Bertz CT molecular complexity index is 1030. The number of nitrogens with one attached hydrogen (secondary N) is 1. The molecule has 2 aromatic carbocycles. The van der Waals surface area contributed by atoms with Crippen LogP contribution in [0.25, 0.3) is 10.2 Å². The number of urea groups is 1. The zero-order valence-corrected chi connectivity index (χ0v) is 18.6. The van der Waals surface area contributed by atoms with Gasteiger partial charge in [0.15, 0.2) is 4.34 Å². The number of nitrogens with zero attached hydrogens (tertiary/aromatic N) is 3. The van der Waals surface area contributed by atoms with E-state index in [0.29, 0.717) is 42.6 Å². The van der Waals surface area contributed by atoms with E-state index in [1.54, 1.807) is 40.5 Å². The molecule has 0 saturated carbocycles. The number of anilines is 1. The van der Waals surface area contributed by atoms with Crippen LogP contribution < -0.4 is 5.32 Å². The number of thiazole rings is 1. The van der Waals surface area contributed by atoms with Crippen LogP contribution in [0.3, 0.4) is 0 Å². The van der Waals surface area contributed by atoms with Gasteiger partial charge in [-0.05, 0) is 36.8 Å². The highest BCUT2D eigenvalue weighted by Crippen LogP contribution is 2.29. The third-order valence-electron chi connectivity index (χ3n) is 4.81. The summed E-state index contributed by atoms with van der Waals surface area (Å²) in [7, 11) is 0. The summed E-state index contributed by atoms with van der Waals surface area (Å²) in [5.41, 5.74) is 1.63. The summed E-state index contributed by atoms with van der Waals surface area (Å²) in [5, 5.41) is 3.45. The lowest BCUT2D eigenvalue weighted by Crippen LogP contribution is -2.39. The Hall–Kier alpha value is -2.29. The van der Waals surface area contributed by atoms with E-state index in [-0.39, 0.29) is 11.9 Å².